The first-order chi connectivity index (χ1) is 8.79. The monoisotopic (exact) mass is 246 g/mol. The number of nitrogens with two attached hydrogens (primary N) is 1. The SMILES string of the molecule is NCC(CNC1(C=O)CCCC1)c1ccccc1. The smallest absolute Gasteiger partial charge is 0.140 e. The molecule has 0 spiro atoms. The summed E-state index contributed by atoms with van der Waals surface area (Å²) in [6, 6.07) is 10.3. The molecule has 0 saturated heterocycles. The van der Waals surface area contributed by atoms with Gasteiger partial charge in [-0.3, -0.25) is 0 Å². The van der Waals surface area contributed by atoms with Gasteiger partial charge < -0.3 is 15.8 Å². The van der Waals surface area contributed by atoms with Crippen molar-refractivity contribution in [1.29, 1.82) is 0 Å². The molecule has 1 aliphatic carbocycles. The number of hydrogen-bond donors (Lipinski definition) is 2. The largest absolute Gasteiger partial charge is 0.330 e. The van der Waals surface area contributed by atoms with Crippen LogP contribution in [-0.4, -0.2) is 24.9 Å². The summed E-state index contributed by atoms with van der Waals surface area (Å²) >= 11 is 0. The molecule has 1 saturated carbocycles. The Morgan fingerprint density at radius 2 is 1.94 bits per heavy atom. The molecule has 0 aromatic heterocycles. The third-order valence-corrected chi connectivity index (χ3v) is 3.98. The number of nitrogens with one attached hydrogen (secondary N) is 1. The minimum absolute atomic E-state index is 0.281. The van der Waals surface area contributed by atoms with E-state index >= 15 is 0 Å². The third kappa shape index (κ3) is 2.98. The Kier molecular flexibility index (Phi) is 4.50. The molecular weight excluding hydrogens is 224 g/mol. The van der Waals surface area contributed by atoms with Gasteiger partial charge in [-0.2, -0.15) is 0 Å². The lowest BCUT2D eigenvalue weighted by Crippen LogP contribution is -2.46. The Labute approximate surface area is 109 Å². The number of aldehydes is 1. The number of rotatable bonds is 6. The molecule has 0 amide bonds. The van der Waals surface area contributed by atoms with Crippen LogP contribution in [0.1, 0.15) is 37.2 Å². The summed E-state index contributed by atoms with van der Waals surface area (Å²) in [4.78, 5) is 11.3. The Morgan fingerprint density at radius 1 is 1.28 bits per heavy atom. The molecule has 1 atom stereocenters. The molecule has 98 valence electrons. The van der Waals surface area contributed by atoms with Crippen molar-refractivity contribution in [3.63, 3.8) is 0 Å². The van der Waals surface area contributed by atoms with Gasteiger partial charge in [-0.25, -0.2) is 0 Å². The predicted molar refractivity (Wildman–Crippen MR) is 73.5 cm³/mol. The maximum atomic E-state index is 11.3. The van der Waals surface area contributed by atoms with Crippen molar-refractivity contribution in [1.82, 2.24) is 5.32 Å². The van der Waals surface area contributed by atoms with E-state index in [2.05, 4.69) is 17.4 Å². The highest BCUT2D eigenvalue weighted by atomic mass is 16.1. The van der Waals surface area contributed by atoms with Crippen LogP contribution in [0.25, 0.3) is 0 Å². The van der Waals surface area contributed by atoms with Crippen LogP contribution in [0, 0.1) is 0 Å². The molecule has 0 heterocycles. The van der Waals surface area contributed by atoms with Crippen LogP contribution < -0.4 is 11.1 Å². The highest BCUT2D eigenvalue weighted by Gasteiger charge is 2.33. The zero-order valence-corrected chi connectivity index (χ0v) is 10.8. The molecule has 0 bridgehead atoms. The van der Waals surface area contributed by atoms with Gasteiger partial charge in [0.1, 0.15) is 6.29 Å². The van der Waals surface area contributed by atoms with Gasteiger partial charge in [0.25, 0.3) is 0 Å². The van der Waals surface area contributed by atoms with Crippen molar-refractivity contribution < 1.29 is 4.79 Å². The minimum atomic E-state index is -0.289. The molecule has 1 fully saturated rings. The summed E-state index contributed by atoms with van der Waals surface area (Å²) in [7, 11) is 0. The van der Waals surface area contributed by atoms with Crippen LogP contribution in [-0.2, 0) is 4.79 Å². The first-order valence-electron chi connectivity index (χ1n) is 6.76. The molecular formula is C15H22N2O. The van der Waals surface area contributed by atoms with E-state index in [0.717, 1.165) is 38.5 Å². The normalized spacial score (nSPS) is 19.6. The van der Waals surface area contributed by atoms with Gasteiger partial charge in [0.15, 0.2) is 0 Å². The van der Waals surface area contributed by atoms with Gasteiger partial charge in [-0.15, -0.1) is 0 Å². The van der Waals surface area contributed by atoms with Crippen molar-refractivity contribution in [2.24, 2.45) is 5.73 Å². The lowest BCUT2D eigenvalue weighted by atomic mass is 9.95. The van der Waals surface area contributed by atoms with Crippen molar-refractivity contribution in [2.45, 2.75) is 37.1 Å². The fraction of sp³-hybridized carbons (Fsp3) is 0.533. The van der Waals surface area contributed by atoms with Crippen molar-refractivity contribution in [2.75, 3.05) is 13.1 Å². The first-order valence-corrected chi connectivity index (χ1v) is 6.76. The van der Waals surface area contributed by atoms with E-state index in [0.29, 0.717) is 6.54 Å². The molecule has 3 N–H and O–H groups in total. The standard InChI is InChI=1S/C15H22N2O/c16-10-14(13-6-2-1-3-7-13)11-17-15(12-18)8-4-5-9-15/h1-3,6-7,12,14,17H,4-5,8-11,16H2. The van der Waals surface area contributed by atoms with Gasteiger partial charge in [0.2, 0.25) is 0 Å². The lowest BCUT2D eigenvalue weighted by molar-refractivity contribution is -0.113. The van der Waals surface area contributed by atoms with Gasteiger partial charge in [0, 0.05) is 19.0 Å². The summed E-state index contributed by atoms with van der Waals surface area (Å²) in [5.74, 6) is 0.281. The van der Waals surface area contributed by atoms with E-state index in [9.17, 15) is 4.79 Å². The maximum Gasteiger partial charge on any atom is 0.140 e. The van der Waals surface area contributed by atoms with Crippen molar-refractivity contribution in [3.8, 4) is 0 Å². The van der Waals surface area contributed by atoms with E-state index in [1.165, 1.54) is 5.56 Å². The maximum absolute atomic E-state index is 11.3. The van der Waals surface area contributed by atoms with Gasteiger partial charge in [-0.1, -0.05) is 43.2 Å². The summed E-state index contributed by atoms with van der Waals surface area (Å²) < 4.78 is 0. The third-order valence-electron chi connectivity index (χ3n) is 3.98. The molecule has 3 nitrogen and oxygen atoms in total. The van der Waals surface area contributed by atoms with Crippen LogP contribution in [0.15, 0.2) is 30.3 Å². The van der Waals surface area contributed by atoms with E-state index in [1.807, 2.05) is 18.2 Å². The average molecular weight is 246 g/mol. The molecule has 0 radical (unpaired) electrons. The first kappa shape index (κ1) is 13.2. The minimum Gasteiger partial charge on any atom is -0.330 e. The molecule has 1 aromatic carbocycles. The van der Waals surface area contributed by atoms with Crippen LogP contribution in [0.2, 0.25) is 0 Å². The van der Waals surface area contributed by atoms with Gasteiger partial charge in [-0.05, 0) is 18.4 Å². The predicted octanol–water partition coefficient (Wildman–Crippen LogP) is 1.83. The lowest BCUT2D eigenvalue weighted by Gasteiger charge is -2.27. The highest BCUT2D eigenvalue weighted by Crippen LogP contribution is 2.28. The number of carbonyl (C=O) groups is 1. The highest BCUT2D eigenvalue weighted by molar-refractivity contribution is 5.64. The van der Waals surface area contributed by atoms with Gasteiger partial charge >= 0.3 is 0 Å². The molecule has 3 heteroatoms. The molecule has 0 aliphatic heterocycles. The fourth-order valence-corrected chi connectivity index (χ4v) is 2.73. The summed E-state index contributed by atoms with van der Waals surface area (Å²) in [5.41, 5.74) is 6.80. The average Bonchev–Trinajstić information content (AvgIpc) is 2.90. The second-order valence-electron chi connectivity index (χ2n) is 5.21. The van der Waals surface area contributed by atoms with E-state index < -0.39 is 0 Å². The van der Waals surface area contributed by atoms with E-state index in [1.54, 1.807) is 0 Å². The van der Waals surface area contributed by atoms with E-state index in [-0.39, 0.29) is 11.5 Å². The molecule has 18 heavy (non-hydrogen) atoms. The number of benzene rings is 1. The topological polar surface area (TPSA) is 55.1 Å². The second kappa shape index (κ2) is 6.12. The van der Waals surface area contributed by atoms with Crippen LogP contribution >= 0.6 is 0 Å². The molecule has 1 aromatic rings. The second-order valence-corrected chi connectivity index (χ2v) is 5.21. The van der Waals surface area contributed by atoms with Crippen LogP contribution in [0.3, 0.4) is 0 Å². The quantitative estimate of drug-likeness (QED) is 0.753. The summed E-state index contributed by atoms with van der Waals surface area (Å²) in [5, 5.41) is 3.45. The zero-order chi connectivity index (χ0) is 12.8. The van der Waals surface area contributed by atoms with E-state index in [4.69, 9.17) is 5.73 Å². The van der Waals surface area contributed by atoms with Crippen LogP contribution in [0.5, 0.6) is 0 Å². The molecule has 1 unspecified atom stereocenters. The summed E-state index contributed by atoms with van der Waals surface area (Å²) in [6.45, 7) is 1.38. The Balaban J connectivity index is 1.97. The fourth-order valence-electron chi connectivity index (χ4n) is 2.73. The molecule has 1 aliphatic rings. The zero-order valence-electron chi connectivity index (χ0n) is 10.8. The number of carbonyl (C=O) groups excluding carboxylic acids is 1. The number of hydrogen-bond acceptors (Lipinski definition) is 3. The van der Waals surface area contributed by atoms with Crippen molar-refractivity contribution >= 4 is 6.29 Å². The van der Waals surface area contributed by atoms with Crippen molar-refractivity contribution in [3.05, 3.63) is 35.9 Å². The van der Waals surface area contributed by atoms with Crippen LogP contribution in [0.4, 0.5) is 0 Å². The Hall–Kier alpha value is -1.19. The Morgan fingerprint density at radius 3 is 2.50 bits per heavy atom. The summed E-state index contributed by atoms with van der Waals surface area (Å²) in [6.07, 6.45) is 5.30. The molecule has 2 rings (SSSR count). The Bertz CT molecular complexity index is 371. The van der Waals surface area contributed by atoms with Gasteiger partial charge in [0.05, 0.1) is 5.54 Å².